The first-order chi connectivity index (χ1) is 15.1. The number of rotatable bonds is 6. The van der Waals surface area contributed by atoms with E-state index in [1.165, 1.54) is 12.1 Å². The van der Waals surface area contributed by atoms with Gasteiger partial charge < -0.3 is 11.5 Å². The molecule has 3 aromatic rings. The molecule has 11 heteroatoms. The molecule has 0 aliphatic heterocycles. The fourth-order valence-corrected chi connectivity index (χ4v) is 4.43. The van der Waals surface area contributed by atoms with Crippen LogP contribution in [-0.2, 0) is 34.1 Å². The normalized spacial score (nSPS) is 13.4. The van der Waals surface area contributed by atoms with Gasteiger partial charge in [0.2, 0.25) is 10.0 Å². The number of benzene rings is 2. The minimum absolute atomic E-state index is 0. The molecule has 1 unspecified atom stereocenters. The molecule has 2 aromatic carbocycles. The van der Waals surface area contributed by atoms with E-state index >= 15 is 0 Å². The average Bonchev–Trinajstić information content (AvgIpc) is 3.13. The summed E-state index contributed by atoms with van der Waals surface area (Å²) in [7, 11) is -3.85. The molecule has 0 saturated heterocycles. The maximum absolute atomic E-state index is 12.2. The molecule has 6 N–H and O–H groups in total. The van der Waals surface area contributed by atoms with Crippen molar-refractivity contribution in [2.75, 3.05) is 0 Å². The second kappa shape index (κ2) is 9.06. The van der Waals surface area contributed by atoms with E-state index < -0.39 is 22.0 Å². The maximum Gasteiger partial charge on any atom is 0.269 e. The lowest BCUT2D eigenvalue weighted by atomic mass is 9.86. The van der Waals surface area contributed by atoms with Crippen LogP contribution in [0.4, 0.5) is 0 Å². The Bertz CT molecular complexity index is 1350. The molecule has 1 heterocycles. The van der Waals surface area contributed by atoms with Gasteiger partial charge in [0.15, 0.2) is 11.5 Å². The first-order valence-corrected chi connectivity index (χ1v) is 11.6. The highest BCUT2D eigenvalue weighted by molar-refractivity contribution is 7.89. The number of aryl methyl sites for hydroxylation is 1. The summed E-state index contributed by atoms with van der Waals surface area (Å²) in [4.78, 5) is 24.2. The van der Waals surface area contributed by atoms with Gasteiger partial charge in [-0.2, -0.15) is 5.10 Å². The van der Waals surface area contributed by atoms with Crippen molar-refractivity contribution in [2.45, 2.75) is 37.1 Å². The van der Waals surface area contributed by atoms with Crippen LogP contribution in [0, 0.1) is 0 Å². The number of nitrogens with zero attached hydrogens (tertiary/aromatic N) is 2. The van der Waals surface area contributed by atoms with Crippen molar-refractivity contribution >= 4 is 34.1 Å². The Morgan fingerprint density at radius 2 is 1.79 bits per heavy atom. The van der Waals surface area contributed by atoms with Gasteiger partial charge in [-0.3, -0.25) is 9.59 Å². The molecule has 1 aliphatic rings. The molecule has 0 fully saturated rings. The minimum atomic E-state index is -3.85. The Morgan fingerprint density at radius 1 is 1.12 bits per heavy atom. The third-order valence-corrected chi connectivity index (χ3v) is 6.52. The number of aromatic nitrogens is 2. The monoisotopic (exact) mass is 489 g/mol. The van der Waals surface area contributed by atoms with Crippen molar-refractivity contribution in [3.05, 3.63) is 64.8 Å². The summed E-state index contributed by atoms with van der Waals surface area (Å²) in [5, 5.41) is 9.64. The maximum atomic E-state index is 12.2. The second-order valence-corrected chi connectivity index (χ2v) is 9.48. The van der Waals surface area contributed by atoms with E-state index in [0.717, 1.165) is 22.3 Å². The summed E-state index contributed by atoms with van der Waals surface area (Å²) in [6.45, 7) is 1.65. The highest BCUT2D eigenvalue weighted by Gasteiger charge is 2.28. The molecule has 9 nitrogen and oxygen atoms in total. The molecule has 0 saturated carbocycles. The topological polar surface area (TPSA) is 164 Å². The Morgan fingerprint density at radius 3 is 2.36 bits per heavy atom. The quantitative estimate of drug-likeness (QED) is 0.471. The van der Waals surface area contributed by atoms with Gasteiger partial charge in [-0.05, 0) is 61.2 Å². The molecule has 33 heavy (non-hydrogen) atoms. The SMILES string of the molecule is CC(N)C(=O)Cc1ccc2c(c1)-c1c(c(C(N)=O)nn1-c1ccc(S(N)(=O)=O)cc1)CC2.Cl. The van der Waals surface area contributed by atoms with Crippen molar-refractivity contribution in [2.24, 2.45) is 16.6 Å². The van der Waals surface area contributed by atoms with Gasteiger partial charge in [-0.1, -0.05) is 12.1 Å². The summed E-state index contributed by atoms with van der Waals surface area (Å²) in [6.07, 6.45) is 1.47. The highest BCUT2D eigenvalue weighted by atomic mass is 35.5. The van der Waals surface area contributed by atoms with Gasteiger partial charge in [-0.15, -0.1) is 12.4 Å². The van der Waals surface area contributed by atoms with Crippen LogP contribution < -0.4 is 16.6 Å². The predicted octanol–water partition coefficient (Wildman–Crippen LogP) is 1.26. The van der Waals surface area contributed by atoms with Crippen molar-refractivity contribution in [1.82, 2.24) is 9.78 Å². The van der Waals surface area contributed by atoms with E-state index in [-0.39, 0.29) is 35.2 Å². The zero-order valence-corrected chi connectivity index (χ0v) is 19.4. The van der Waals surface area contributed by atoms with E-state index in [9.17, 15) is 18.0 Å². The molecule has 4 rings (SSSR count). The molecular formula is C22H24ClN5O4S. The van der Waals surface area contributed by atoms with Crippen LogP contribution in [0.1, 0.15) is 34.1 Å². The Kier molecular flexibility index (Phi) is 6.75. The zero-order valence-electron chi connectivity index (χ0n) is 17.8. The summed E-state index contributed by atoms with van der Waals surface area (Å²) < 4.78 is 24.8. The number of carbonyl (C=O) groups excluding carboxylic acids is 2. The number of primary sulfonamides is 1. The first kappa shape index (κ1) is 24.6. The van der Waals surface area contributed by atoms with Crippen molar-refractivity contribution in [3.63, 3.8) is 0 Å². The van der Waals surface area contributed by atoms with Gasteiger partial charge in [0, 0.05) is 17.5 Å². The number of carbonyl (C=O) groups is 2. The number of amides is 1. The lowest BCUT2D eigenvalue weighted by molar-refractivity contribution is -0.119. The summed E-state index contributed by atoms with van der Waals surface area (Å²) in [6, 6.07) is 11.1. The van der Waals surface area contributed by atoms with Gasteiger partial charge >= 0.3 is 0 Å². The second-order valence-electron chi connectivity index (χ2n) is 7.91. The number of hydrogen-bond acceptors (Lipinski definition) is 6. The molecule has 1 aliphatic carbocycles. The van der Waals surface area contributed by atoms with E-state index in [1.54, 1.807) is 23.7 Å². The molecular weight excluding hydrogens is 466 g/mol. The third kappa shape index (κ3) is 4.69. The standard InChI is InChI=1S/C22H23N5O4S.ClH/c1-12(23)19(28)11-13-2-3-14-4-9-17-20(22(24)29)26-27(21(17)18(14)10-13)15-5-7-16(8-6-15)32(25,30)31;/h2-3,5-8,10,12H,4,9,11,23H2,1H3,(H2,24,29)(H2,25,30,31);1H. The van der Waals surface area contributed by atoms with Gasteiger partial charge in [0.05, 0.1) is 22.3 Å². The van der Waals surface area contributed by atoms with Gasteiger partial charge in [-0.25, -0.2) is 18.2 Å². The molecule has 1 atom stereocenters. The number of Topliss-reactive ketones (excluding diaryl/α,β-unsaturated/α-hetero) is 1. The van der Waals surface area contributed by atoms with Crippen LogP contribution in [0.2, 0.25) is 0 Å². The van der Waals surface area contributed by atoms with Gasteiger partial charge in [0.25, 0.3) is 5.91 Å². The number of sulfonamides is 1. The number of ketones is 1. The largest absolute Gasteiger partial charge is 0.364 e. The third-order valence-electron chi connectivity index (χ3n) is 5.59. The van der Waals surface area contributed by atoms with Crippen LogP contribution in [0.15, 0.2) is 47.4 Å². The highest BCUT2D eigenvalue weighted by Crippen LogP contribution is 2.37. The summed E-state index contributed by atoms with van der Waals surface area (Å²) >= 11 is 0. The average molecular weight is 490 g/mol. The molecule has 1 aromatic heterocycles. The lowest BCUT2D eigenvalue weighted by Gasteiger charge is -2.20. The molecule has 1 amide bonds. The van der Waals surface area contributed by atoms with Crippen LogP contribution in [0.5, 0.6) is 0 Å². The summed E-state index contributed by atoms with van der Waals surface area (Å²) in [5.74, 6) is -0.723. The van der Waals surface area contributed by atoms with E-state index in [4.69, 9.17) is 16.6 Å². The minimum Gasteiger partial charge on any atom is -0.364 e. The van der Waals surface area contributed by atoms with E-state index in [1.807, 2.05) is 18.2 Å². The predicted molar refractivity (Wildman–Crippen MR) is 126 cm³/mol. The molecule has 0 radical (unpaired) electrons. The van der Waals surface area contributed by atoms with Crippen LogP contribution in [0.25, 0.3) is 16.9 Å². The van der Waals surface area contributed by atoms with E-state index in [2.05, 4.69) is 5.10 Å². The van der Waals surface area contributed by atoms with Gasteiger partial charge in [0.1, 0.15) is 0 Å². The number of nitrogens with two attached hydrogens (primary N) is 3. The first-order valence-electron chi connectivity index (χ1n) is 10.0. The van der Waals surface area contributed by atoms with Crippen LogP contribution >= 0.6 is 12.4 Å². The van der Waals surface area contributed by atoms with Crippen molar-refractivity contribution in [1.29, 1.82) is 0 Å². The number of fused-ring (bicyclic) bond motifs is 3. The fourth-order valence-electron chi connectivity index (χ4n) is 3.92. The fraction of sp³-hybridized carbons (Fsp3) is 0.227. The van der Waals surface area contributed by atoms with Crippen molar-refractivity contribution in [3.8, 4) is 16.9 Å². The van der Waals surface area contributed by atoms with Crippen LogP contribution in [-0.4, -0.2) is 35.9 Å². The molecule has 0 spiro atoms. The summed E-state index contributed by atoms with van der Waals surface area (Å²) in [5.41, 5.74) is 16.1. The van der Waals surface area contributed by atoms with Crippen molar-refractivity contribution < 1.29 is 18.0 Å². The number of halogens is 1. The van der Waals surface area contributed by atoms with E-state index in [0.29, 0.717) is 24.2 Å². The van der Waals surface area contributed by atoms with Crippen LogP contribution in [0.3, 0.4) is 0 Å². The lowest BCUT2D eigenvalue weighted by Crippen LogP contribution is -2.28. The molecule has 0 bridgehead atoms. The molecule has 174 valence electrons. The number of hydrogen-bond donors (Lipinski definition) is 3. The Labute approximate surface area is 197 Å². The Balaban J connectivity index is 0.00000306. The Hall–Kier alpha value is -3.05. The number of primary amides is 1. The zero-order chi connectivity index (χ0) is 23.2. The smallest absolute Gasteiger partial charge is 0.269 e.